The highest BCUT2D eigenvalue weighted by atomic mass is 16.4. The number of hydrogen-bond acceptors (Lipinski definition) is 4. The fourth-order valence-corrected chi connectivity index (χ4v) is 7.05. The highest BCUT2D eigenvalue weighted by molar-refractivity contribution is 6.13. The average molecular weight is 630 g/mol. The quantitative estimate of drug-likeness (QED) is 0.206. The molecule has 0 saturated heterocycles. The van der Waals surface area contributed by atoms with Crippen molar-refractivity contribution in [2.75, 3.05) is 0 Å². The molecular formula is C43H27N5O. The number of nitrogens with one attached hydrogen (secondary N) is 1. The van der Waals surface area contributed by atoms with Crippen LogP contribution in [-0.4, -0.2) is 24.7 Å². The van der Waals surface area contributed by atoms with Crippen molar-refractivity contribution in [1.82, 2.24) is 24.7 Å². The van der Waals surface area contributed by atoms with Crippen LogP contribution in [0.3, 0.4) is 0 Å². The molecule has 49 heavy (non-hydrogen) atoms. The number of hydrogen-bond donors (Lipinski definition) is 1. The number of aromatic amines is 1. The van der Waals surface area contributed by atoms with Crippen molar-refractivity contribution in [2.45, 2.75) is 0 Å². The van der Waals surface area contributed by atoms with Crippen LogP contribution in [0.1, 0.15) is 0 Å². The van der Waals surface area contributed by atoms with Crippen LogP contribution in [0.25, 0.3) is 94.7 Å². The van der Waals surface area contributed by atoms with Crippen molar-refractivity contribution in [2.24, 2.45) is 0 Å². The lowest BCUT2D eigenvalue weighted by Crippen LogP contribution is -2.01. The summed E-state index contributed by atoms with van der Waals surface area (Å²) in [6, 6.07) is 54.4. The molecule has 4 heterocycles. The van der Waals surface area contributed by atoms with Gasteiger partial charge in [-0.1, -0.05) is 115 Å². The Balaban J connectivity index is 1.18. The molecule has 0 fully saturated rings. The molecule has 230 valence electrons. The molecule has 1 N–H and O–H groups in total. The number of benzene rings is 6. The Labute approximate surface area is 280 Å². The topological polar surface area (TPSA) is 72.5 Å². The summed E-state index contributed by atoms with van der Waals surface area (Å²) < 4.78 is 8.73. The van der Waals surface area contributed by atoms with Gasteiger partial charge in [0.15, 0.2) is 0 Å². The minimum absolute atomic E-state index is 0.448. The van der Waals surface area contributed by atoms with Crippen molar-refractivity contribution in [3.05, 3.63) is 158 Å². The van der Waals surface area contributed by atoms with Crippen molar-refractivity contribution in [3.63, 3.8) is 0 Å². The van der Waals surface area contributed by atoms with Crippen LogP contribution < -0.4 is 0 Å². The zero-order valence-electron chi connectivity index (χ0n) is 26.2. The summed E-state index contributed by atoms with van der Waals surface area (Å²) >= 11 is 0. The predicted molar refractivity (Wildman–Crippen MR) is 198 cm³/mol. The van der Waals surface area contributed by atoms with Crippen LogP contribution in [0.4, 0.5) is 0 Å². The summed E-state index contributed by atoms with van der Waals surface area (Å²) in [5.74, 6) is 1.72. The molecule has 0 aliphatic rings. The molecule has 0 atom stereocenters. The normalized spacial score (nSPS) is 11.7. The third-order valence-corrected chi connectivity index (χ3v) is 9.32. The summed E-state index contributed by atoms with van der Waals surface area (Å²) in [5.41, 5.74) is 9.98. The van der Waals surface area contributed by atoms with Gasteiger partial charge in [-0.25, -0.2) is 4.98 Å². The maximum absolute atomic E-state index is 6.49. The van der Waals surface area contributed by atoms with Gasteiger partial charge in [0.1, 0.15) is 5.82 Å². The SMILES string of the molecule is c1ccc(-c2cc(-c3ccccc3)nc(-n3c4ccccc4c4cccc(-c5nnc(-c6ccc7c(c6)[nH]c6ccccc67)o5)c43)c2)cc1. The minimum Gasteiger partial charge on any atom is -0.416 e. The number of fused-ring (bicyclic) bond motifs is 6. The number of pyridine rings is 1. The van der Waals surface area contributed by atoms with E-state index < -0.39 is 0 Å². The Morgan fingerprint density at radius 2 is 1.16 bits per heavy atom. The average Bonchev–Trinajstić information content (AvgIpc) is 3.90. The van der Waals surface area contributed by atoms with Crippen molar-refractivity contribution >= 4 is 43.6 Å². The Morgan fingerprint density at radius 3 is 2.02 bits per heavy atom. The Bertz CT molecular complexity index is 2770. The Hall–Kier alpha value is -6.79. The van der Waals surface area contributed by atoms with E-state index in [1.165, 1.54) is 5.39 Å². The van der Waals surface area contributed by atoms with Gasteiger partial charge in [-0.3, -0.25) is 4.57 Å². The Morgan fingerprint density at radius 1 is 0.469 bits per heavy atom. The van der Waals surface area contributed by atoms with E-state index in [1.807, 2.05) is 36.4 Å². The van der Waals surface area contributed by atoms with Gasteiger partial charge in [0.05, 0.1) is 22.3 Å². The maximum Gasteiger partial charge on any atom is 0.250 e. The van der Waals surface area contributed by atoms with E-state index in [-0.39, 0.29) is 0 Å². The molecule has 10 rings (SSSR count). The minimum atomic E-state index is 0.448. The first-order valence-corrected chi connectivity index (χ1v) is 16.3. The standard InChI is InChI=1S/C43H27N5O/c1-3-12-27(13-4-1)30-25-37(28-14-5-2-6-15-28)45-40(26-30)48-39-21-10-8-17-33(39)34-18-11-19-35(41(34)48)43-47-46-42(49-43)29-22-23-32-31-16-7-9-20-36(31)44-38(32)24-29/h1-26,44H. The lowest BCUT2D eigenvalue weighted by molar-refractivity contribution is 0.585. The fourth-order valence-electron chi connectivity index (χ4n) is 7.05. The molecule has 0 amide bonds. The number of aromatic nitrogens is 5. The van der Waals surface area contributed by atoms with Crippen LogP contribution in [0.15, 0.2) is 162 Å². The lowest BCUT2D eigenvalue weighted by Gasteiger charge is -2.13. The summed E-state index contributed by atoms with van der Waals surface area (Å²) in [7, 11) is 0. The third-order valence-electron chi connectivity index (χ3n) is 9.32. The second-order valence-corrected chi connectivity index (χ2v) is 12.2. The molecule has 4 aromatic heterocycles. The first kappa shape index (κ1) is 27.3. The molecule has 10 aromatic rings. The summed E-state index contributed by atoms with van der Waals surface area (Å²) in [6.45, 7) is 0. The smallest absolute Gasteiger partial charge is 0.250 e. The van der Waals surface area contributed by atoms with Crippen LogP contribution in [0.2, 0.25) is 0 Å². The van der Waals surface area contributed by atoms with E-state index in [1.54, 1.807) is 0 Å². The van der Waals surface area contributed by atoms with Crippen LogP contribution in [0, 0.1) is 0 Å². The lowest BCUT2D eigenvalue weighted by atomic mass is 10.0. The van der Waals surface area contributed by atoms with Gasteiger partial charge in [-0.05, 0) is 53.6 Å². The monoisotopic (exact) mass is 629 g/mol. The third kappa shape index (κ3) is 4.46. The number of nitrogens with zero attached hydrogens (tertiary/aromatic N) is 4. The molecule has 6 nitrogen and oxygen atoms in total. The first-order chi connectivity index (χ1) is 24.3. The van der Waals surface area contributed by atoms with Crippen LogP contribution >= 0.6 is 0 Å². The van der Waals surface area contributed by atoms with Gasteiger partial charge in [0, 0.05) is 43.7 Å². The van der Waals surface area contributed by atoms with E-state index >= 15 is 0 Å². The van der Waals surface area contributed by atoms with E-state index in [0.29, 0.717) is 11.8 Å². The van der Waals surface area contributed by atoms with Crippen molar-refractivity contribution in [1.29, 1.82) is 0 Å². The van der Waals surface area contributed by atoms with Crippen molar-refractivity contribution < 1.29 is 4.42 Å². The highest BCUT2D eigenvalue weighted by Gasteiger charge is 2.22. The van der Waals surface area contributed by atoms with E-state index in [0.717, 1.165) is 77.6 Å². The largest absolute Gasteiger partial charge is 0.416 e. The second kappa shape index (κ2) is 10.9. The number of rotatable bonds is 5. The molecule has 0 aliphatic carbocycles. The van der Waals surface area contributed by atoms with Gasteiger partial charge in [-0.15, -0.1) is 10.2 Å². The molecule has 0 unspecified atom stereocenters. The summed E-state index contributed by atoms with van der Waals surface area (Å²) in [6.07, 6.45) is 0. The van der Waals surface area contributed by atoms with E-state index in [9.17, 15) is 0 Å². The number of H-pyrrole nitrogens is 1. The highest BCUT2D eigenvalue weighted by Crippen LogP contribution is 2.39. The molecule has 0 spiro atoms. The van der Waals surface area contributed by atoms with Gasteiger partial charge in [0.2, 0.25) is 11.8 Å². The molecule has 0 aliphatic heterocycles. The van der Waals surface area contributed by atoms with Gasteiger partial charge < -0.3 is 9.40 Å². The molecule has 6 aromatic carbocycles. The van der Waals surface area contributed by atoms with Gasteiger partial charge >= 0.3 is 0 Å². The van der Waals surface area contributed by atoms with Gasteiger partial charge in [-0.2, -0.15) is 0 Å². The Kier molecular flexibility index (Phi) is 6.08. The zero-order valence-corrected chi connectivity index (χ0v) is 26.2. The zero-order chi connectivity index (χ0) is 32.3. The molecular weight excluding hydrogens is 603 g/mol. The summed E-state index contributed by atoms with van der Waals surface area (Å²) in [5, 5.41) is 13.7. The predicted octanol–water partition coefficient (Wildman–Crippen LogP) is 10.9. The maximum atomic E-state index is 6.49. The van der Waals surface area contributed by atoms with Crippen LogP contribution in [-0.2, 0) is 0 Å². The fraction of sp³-hybridized carbons (Fsp3) is 0. The van der Waals surface area contributed by atoms with Crippen LogP contribution in [0.5, 0.6) is 0 Å². The van der Waals surface area contributed by atoms with E-state index in [4.69, 9.17) is 9.40 Å². The first-order valence-electron chi connectivity index (χ1n) is 16.3. The molecule has 0 bridgehead atoms. The van der Waals surface area contributed by atoms with E-state index in [2.05, 4.69) is 141 Å². The molecule has 0 saturated carbocycles. The molecule has 0 radical (unpaired) electrons. The summed E-state index contributed by atoms with van der Waals surface area (Å²) in [4.78, 5) is 8.82. The van der Waals surface area contributed by atoms with Crippen molar-refractivity contribution in [3.8, 4) is 51.1 Å². The molecule has 6 heteroatoms. The second-order valence-electron chi connectivity index (χ2n) is 12.2. The number of para-hydroxylation sites is 3. The van der Waals surface area contributed by atoms with Gasteiger partial charge in [0.25, 0.3) is 0 Å².